The van der Waals surface area contributed by atoms with Gasteiger partial charge in [-0.1, -0.05) is 58.7 Å². The van der Waals surface area contributed by atoms with E-state index < -0.39 is 6.10 Å². The van der Waals surface area contributed by atoms with Crippen molar-refractivity contribution in [1.29, 1.82) is 0 Å². The summed E-state index contributed by atoms with van der Waals surface area (Å²) in [6, 6.07) is 15.5. The Morgan fingerprint density at radius 3 is 2.32 bits per heavy atom. The van der Waals surface area contributed by atoms with Crippen molar-refractivity contribution in [2.45, 2.75) is 53.1 Å². The molecule has 0 amide bonds. The maximum Gasteiger partial charge on any atom is 0.121 e. The monoisotopic (exact) mass is 381 g/mol. The maximum atomic E-state index is 10.8. The summed E-state index contributed by atoms with van der Waals surface area (Å²) in [6.07, 6.45) is 2.76. The van der Waals surface area contributed by atoms with Gasteiger partial charge < -0.3 is 9.84 Å². The predicted octanol–water partition coefficient (Wildman–Crippen LogP) is 5.01. The Morgan fingerprint density at radius 1 is 1.04 bits per heavy atom. The van der Waals surface area contributed by atoms with Crippen molar-refractivity contribution in [1.82, 2.24) is 15.0 Å². The van der Waals surface area contributed by atoms with E-state index in [1.807, 2.05) is 48.5 Å². The second kappa shape index (κ2) is 8.74. The number of ether oxygens (including phenoxy) is 1. The summed E-state index contributed by atoms with van der Waals surface area (Å²) in [4.78, 5) is 1.62. The largest absolute Gasteiger partial charge is 0.491 e. The van der Waals surface area contributed by atoms with Crippen molar-refractivity contribution < 1.29 is 9.84 Å². The molecular weight excluding hydrogens is 350 g/mol. The van der Waals surface area contributed by atoms with Crippen LogP contribution in [0.1, 0.15) is 47.0 Å². The van der Waals surface area contributed by atoms with Crippen molar-refractivity contribution in [3.63, 3.8) is 0 Å². The van der Waals surface area contributed by atoms with Gasteiger partial charge in [0, 0.05) is 6.07 Å². The van der Waals surface area contributed by atoms with E-state index in [4.69, 9.17) is 4.74 Å². The van der Waals surface area contributed by atoms with Crippen molar-refractivity contribution in [3.8, 4) is 11.4 Å². The van der Waals surface area contributed by atoms with E-state index in [0.717, 1.165) is 36.0 Å². The third-order valence-electron chi connectivity index (χ3n) is 5.20. The number of aromatic nitrogens is 3. The van der Waals surface area contributed by atoms with Gasteiger partial charge in [0.15, 0.2) is 0 Å². The van der Waals surface area contributed by atoms with Gasteiger partial charge in [-0.3, -0.25) is 0 Å². The second-order valence-corrected chi connectivity index (χ2v) is 8.47. The molecule has 0 fully saturated rings. The van der Waals surface area contributed by atoms with Crippen LogP contribution in [0.2, 0.25) is 0 Å². The number of nitrogens with zero attached hydrogens (tertiary/aromatic N) is 3. The van der Waals surface area contributed by atoms with Gasteiger partial charge in [-0.25, -0.2) is 0 Å². The summed E-state index contributed by atoms with van der Waals surface area (Å²) in [5.74, 6) is 0.912. The van der Waals surface area contributed by atoms with Gasteiger partial charge in [-0.15, -0.1) is 10.2 Å². The lowest BCUT2D eigenvalue weighted by atomic mass is 9.75. The minimum atomic E-state index is -0.499. The molecule has 0 saturated heterocycles. The van der Waals surface area contributed by atoms with E-state index in [2.05, 4.69) is 37.9 Å². The summed E-state index contributed by atoms with van der Waals surface area (Å²) in [6.45, 7) is 9.02. The molecule has 0 saturated carbocycles. The quantitative estimate of drug-likeness (QED) is 0.596. The molecule has 150 valence electrons. The SMILES string of the molecule is CCCCC(C(O)COc1cccc(-n2nc3ccccc3n2)c1)C(C)(C)C. The van der Waals surface area contributed by atoms with Crippen LogP contribution in [-0.2, 0) is 0 Å². The van der Waals surface area contributed by atoms with Gasteiger partial charge in [0.25, 0.3) is 0 Å². The van der Waals surface area contributed by atoms with Crippen LogP contribution < -0.4 is 4.74 Å². The zero-order chi connectivity index (χ0) is 20.1. The van der Waals surface area contributed by atoms with Crippen LogP contribution in [0.3, 0.4) is 0 Å². The second-order valence-electron chi connectivity index (χ2n) is 8.47. The lowest BCUT2D eigenvalue weighted by Gasteiger charge is -2.34. The summed E-state index contributed by atoms with van der Waals surface area (Å²) in [5.41, 5.74) is 2.58. The van der Waals surface area contributed by atoms with Crippen LogP contribution in [0.15, 0.2) is 48.5 Å². The van der Waals surface area contributed by atoms with E-state index in [0.29, 0.717) is 5.75 Å². The number of aliphatic hydroxyl groups is 1. The van der Waals surface area contributed by atoms with Crippen LogP contribution in [-0.4, -0.2) is 32.8 Å². The number of hydrogen-bond donors (Lipinski definition) is 1. The fraction of sp³-hybridized carbons (Fsp3) is 0.478. The molecule has 0 aliphatic carbocycles. The molecule has 0 bridgehead atoms. The summed E-state index contributed by atoms with van der Waals surface area (Å²) < 4.78 is 5.94. The average molecular weight is 382 g/mol. The molecule has 0 aliphatic heterocycles. The first-order valence-electron chi connectivity index (χ1n) is 10.1. The molecule has 2 unspecified atom stereocenters. The Balaban J connectivity index is 1.70. The van der Waals surface area contributed by atoms with Gasteiger partial charge in [0.1, 0.15) is 23.4 Å². The molecule has 28 heavy (non-hydrogen) atoms. The standard InChI is InChI=1S/C23H31N3O2/c1-5-6-12-19(23(2,3)4)22(27)16-28-18-11-9-10-17(15-18)26-24-20-13-7-8-14-21(20)25-26/h7-11,13-15,19,22,27H,5-6,12,16H2,1-4H3. The fourth-order valence-corrected chi connectivity index (χ4v) is 3.60. The summed E-state index contributed by atoms with van der Waals surface area (Å²) in [7, 11) is 0. The fourth-order valence-electron chi connectivity index (χ4n) is 3.60. The summed E-state index contributed by atoms with van der Waals surface area (Å²) in [5, 5.41) is 19.8. The molecule has 3 aromatic rings. The highest BCUT2D eigenvalue weighted by Crippen LogP contribution is 2.33. The van der Waals surface area contributed by atoms with E-state index in [-0.39, 0.29) is 17.9 Å². The highest BCUT2D eigenvalue weighted by molar-refractivity contribution is 5.73. The Kier molecular flexibility index (Phi) is 6.35. The van der Waals surface area contributed by atoms with Crippen molar-refractivity contribution in [3.05, 3.63) is 48.5 Å². The number of aliphatic hydroxyl groups excluding tert-OH is 1. The Hall–Kier alpha value is -2.40. The third kappa shape index (κ3) is 4.90. The number of hydrogen-bond acceptors (Lipinski definition) is 4. The van der Waals surface area contributed by atoms with E-state index >= 15 is 0 Å². The first-order chi connectivity index (χ1) is 13.4. The third-order valence-corrected chi connectivity index (χ3v) is 5.20. The van der Waals surface area contributed by atoms with Gasteiger partial charge >= 0.3 is 0 Å². The highest BCUT2D eigenvalue weighted by Gasteiger charge is 2.31. The summed E-state index contributed by atoms with van der Waals surface area (Å²) >= 11 is 0. The Bertz CT molecular complexity index is 865. The highest BCUT2D eigenvalue weighted by atomic mass is 16.5. The van der Waals surface area contributed by atoms with Crippen LogP contribution >= 0.6 is 0 Å². The van der Waals surface area contributed by atoms with Gasteiger partial charge in [0.2, 0.25) is 0 Å². The average Bonchev–Trinajstić information content (AvgIpc) is 3.10. The minimum absolute atomic E-state index is 0.0406. The molecule has 1 heterocycles. The van der Waals surface area contributed by atoms with Crippen LogP contribution in [0, 0.1) is 11.3 Å². The lowest BCUT2D eigenvalue weighted by Crippen LogP contribution is -2.36. The topological polar surface area (TPSA) is 60.2 Å². The first kappa shape index (κ1) is 20.3. The van der Waals surface area contributed by atoms with E-state index in [1.54, 1.807) is 4.80 Å². The smallest absolute Gasteiger partial charge is 0.121 e. The minimum Gasteiger partial charge on any atom is -0.491 e. The molecule has 0 spiro atoms. The molecule has 0 radical (unpaired) electrons. The zero-order valence-electron chi connectivity index (χ0n) is 17.3. The molecule has 1 N–H and O–H groups in total. The van der Waals surface area contributed by atoms with Gasteiger partial charge in [-0.2, -0.15) is 4.80 Å². The number of benzene rings is 2. The van der Waals surface area contributed by atoms with Crippen LogP contribution in [0.5, 0.6) is 5.75 Å². The molecule has 2 aromatic carbocycles. The van der Waals surface area contributed by atoms with Crippen LogP contribution in [0.4, 0.5) is 0 Å². The van der Waals surface area contributed by atoms with Gasteiger partial charge in [0.05, 0.1) is 11.8 Å². The molecule has 0 aliphatic rings. The van der Waals surface area contributed by atoms with Gasteiger partial charge in [-0.05, 0) is 42.0 Å². The van der Waals surface area contributed by atoms with E-state index in [9.17, 15) is 5.11 Å². The predicted molar refractivity (Wildman–Crippen MR) is 113 cm³/mol. The number of fused-ring (bicyclic) bond motifs is 1. The molecule has 2 atom stereocenters. The maximum absolute atomic E-state index is 10.8. The van der Waals surface area contributed by atoms with E-state index in [1.165, 1.54) is 0 Å². The molecule has 5 heteroatoms. The van der Waals surface area contributed by atoms with Crippen molar-refractivity contribution in [2.75, 3.05) is 6.61 Å². The van der Waals surface area contributed by atoms with Crippen molar-refractivity contribution in [2.24, 2.45) is 11.3 Å². The number of rotatable bonds is 8. The molecular formula is C23H31N3O2. The lowest BCUT2D eigenvalue weighted by molar-refractivity contribution is 0.00400. The first-order valence-corrected chi connectivity index (χ1v) is 10.1. The Labute approximate surface area is 167 Å². The molecule has 3 rings (SSSR count). The normalized spacial score (nSPS) is 14.2. The number of unbranched alkanes of at least 4 members (excludes halogenated alkanes) is 1. The molecule has 1 aromatic heterocycles. The zero-order valence-corrected chi connectivity index (χ0v) is 17.3. The Morgan fingerprint density at radius 2 is 1.71 bits per heavy atom. The molecule has 5 nitrogen and oxygen atoms in total. The van der Waals surface area contributed by atoms with Crippen LogP contribution in [0.25, 0.3) is 16.7 Å². The van der Waals surface area contributed by atoms with Crippen molar-refractivity contribution >= 4 is 11.0 Å².